The largest absolute Gasteiger partial charge is 0.379 e. The average Bonchev–Trinajstić information content (AvgIpc) is 2.70. The van der Waals surface area contributed by atoms with E-state index in [1.54, 1.807) is 12.1 Å². The number of hydrogen-bond acceptors (Lipinski definition) is 4. The molecule has 29 heavy (non-hydrogen) atoms. The molecule has 3 N–H and O–H groups in total. The van der Waals surface area contributed by atoms with Crippen molar-refractivity contribution in [3.63, 3.8) is 0 Å². The van der Waals surface area contributed by atoms with Crippen molar-refractivity contribution < 1.29 is 13.9 Å². The van der Waals surface area contributed by atoms with Crippen molar-refractivity contribution in [2.45, 2.75) is 19.0 Å². The van der Waals surface area contributed by atoms with Crippen LogP contribution >= 0.6 is 24.8 Å². The summed E-state index contributed by atoms with van der Waals surface area (Å²) in [5, 5.41) is 2.97. The zero-order valence-electron chi connectivity index (χ0n) is 16.3. The highest BCUT2D eigenvalue weighted by Crippen LogP contribution is 2.22. The first-order valence-corrected chi connectivity index (χ1v) is 9.22. The fourth-order valence-electron chi connectivity index (χ4n) is 3.26. The zero-order valence-corrected chi connectivity index (χ0v) is 18.0. The van der Waals surface area contributed by atoms with Crippen molar-refractivity contribution in [1.82, 2.24) is 10.2 Å². The van der Waals surface area contributed by atoms with Gasteiger partial charge >= 0.3 is 0 Å². The third kappa shape index (κ3) is 6.94. The SMILES string of the molecule is Cc1ccc(C(N)C(=O)NCC(c2ccc(F)cc2)N2CCOCC2)cc1.Cl.Cl. The summed E-state index contributed by atoms with van der Waals surface area (Å²) >= 11 is 0. The Labute approximate surface area is 183 Å². The first kappa shape index (κ1) is 25.3. The molecule has 0 aromatic heterocycles. The minimum absolute atomic E-state index is 0. The molecule has 0 radical (unpaired) electrons. The smallest absolute Gasteiger partial charge is 0.241 e. The van der Waals surface area contributed by atoms with Crippen LogP contribution in [0.1, 0.15) is 28.8 Å². The number of amides is 1. The van der Waals surface area contributed by atoms with Crippen LogP contribution in [0.5, 0.6) is 0 Å². The Hall–Kier alpha value is -1.70. The lowest BCUT2D eigenvalue weighted by atomic mass is 10.0. The maximum absolute atomic E-state index is 13.3. The molecular weight excluding hydrogens is 416 g/mol. The molecule has 8 heteroatoms. The molecule has 1 aliphatic rings. The van der Waals surface area contributed by atoms with Gasteiger partial charge in [-0.25, -0.2) is 4.39 Å². The van der Waals surface area contributed by atoms with Crippen LogP contribution in [0.4, 0.5) is 4.39 Å². The number of nitrogens with zero attached hydrogens (tertiary/aromatic N) is 1. The van der Waals surface area contributed by atoms with Crippen molar-refractivity contribution >= 4 is 30.7 Å². The second-order valence-corrected chi connectivity index (χ2v) is 6.85. The molecule has 2 aromatic rings. The number of ether oxygens (including phenoxy) is 1. The van der Waals surface area contributed by atoms with Crippen LogP contribution in [0.25, 0.3) is 0 Å². The summed E-state index contributed by atoms with van der Waals surface area (Å²) in [6.07, 6.45) is 0. The predicted octanol–water partition coefficient (Wildman–Crippen LogP) is 3.17. The summed E-state index contributed by atoms with van der Waals surface area (Å²) in [6, 6.07) is 13.3. The number of morpholine rings is 1. The van der Waals surface area contributed by atoms with Gasteiger partial charge in [0.05, 0.1) is 19.3 Å². The van der Waals surface area contributed by atoms with E-state index in [1.165, 1.54) is 12.1 Å². The molecule has 0 bridgehead atoms. The van der Waals surface area contributed by atoms with E-state index in [4.69, 9.17) is 10.5 Å². The number of aryl methyl sites for hydroxylation is 1. The minimum atomic E-state index is -0.718. The number of nitrogens with one attached hydrogen (secondary N) is 1. The molecule has 0 spiro atoms. The van der Waals surface area contributed by atoms with Crippen LogP contribution in [0.15, 0.2) is 48.5 Å². The van der Waals surface area contributed by atoms with Crippen molar-refractivity contribution in [3.8, 4) is 0 Å². The van der Waals surface area contributed by atoms with E-state index >= 15 is 0 Å². The summed E-state index contributed by atoms with van der Waals surface area (Å²) in [5.74, 6) is -0.496. The Morgan fingerprint density at radius 1 is 1.07 bits per heavy atom. The molecule has 1 fully saturated rings. The molecule has 1 heterocycles. The molecule has 0 aliphatic carbocycles. The van der Waals surface area contributed by atoms with Crippen LogP contribution < -0.4 is 11.1 Å². The van der Waals surface area contributed by atoms with Crippen molar-refractivity contribution in [3.05, 3.63) is 71.0 Å². The van der Waals surface area contributed by atoms with Gasteiger partial charge in [0.1, 0.15) is 11.9 Å². The highest BCUT2D eigenvalue weighted by Gasteiger charge is 2.24. The lowest BCUT2D eigenvalue weighted by Gasteiger charge is -2.35. The first-order chi connectivity index (χ1) is 13.0. The second kappa shape index (κ2) is 12.1. The fraction of sp³-hybridized carbons (Fsp3) is 0.381. The van der Waals surface area contributed by atoms with Crippen LogP contribution in [0.3, 0.4) is 0 Å². The molecule has 160 valence electrons. The van der Waals surface area contributed by atoms with Gasteiger partial charge in [-0.15, -0.1) is 24.8 Å². The number of carbonyl (C=O) groups excluding carboxylic acids is 1. The molecular formula is C21H28Cl2FN3O2. The van der Waals surface area contributed by atoms with Gasteiger partial charge in [0.2, 0.25) is 5.91 Å². The van der Waals surface area contributed by atoms with E-state index in [-0.39, 0.29) is 42.6 Å². The van der Waals surface area contributed by atoms with E-state index in [1.807, 2.05) is 31.2 Å². The first-order valence-electron chi connectivity index (χ1n) is 9.22. The molecule has 2 unspecified atom stereocenters. The predicted molar refractivity (Wildman–Crippen MR) is 117 cm³/mol. The molecule has 1 saturated heterocycles. The lowest BCUT2D eigenvalue weighted by Crippen LogP contribution is -2.45. The summed E-state index contributed by atoms with van der Waals surface area (Å²) < 4.78 is 18.7. The second-order valence-electron chi connectivity index (χ2n) is 6.85. The third-order valence-electron chi connectivity index (χ3n) is 4.93. The van der Waals surface area contributed by atoms with E-state index in [0.717, 1.165) is 29.8 Å². The number of benzene rings is 2. The molecule has 3 rings (SSSR count). The summed E-state index contributed by atoms with van der Waals surface area (Å²) in [7, 11) is 0. The van der Waals surface area contributed by atoms with Gasteiger partial charge in [-0.1, -0.05) is 42.0 Å². The highest BCUT2D eigenvalue weighted by atomic mass is 35.5. The minimum Gasteiger partial charge on any atom is -0.379 e. The number of rotatable bonds is 6. The van der Waals surface area contributed by atoms with Gasteiger partial charge in [0.25, 0.3) is 0 Å². The van der Waals surface area contributed by atoms with E-state index < -0.39 is 6.04 Å². The molecule has 1 aliphatic heterocycles. The van der Waals surface area contributed by atoms with Crippen molar-refractivity contribution in [1.29, 1.82) is 0 Å². The Morgan fingerprint density at radius 3 is 2.21 bits per heavy atom. The molecule has 5 nitrogen and oxygen atoms in total. The van der Waals surface area contributed by atoms with Gasteiger partial charge in [-0.2, -0.15) is 0 Å². The van der Waals surface area contributed by atoms with Gasteiger partial charge in [0.15, 0.2) is 0 Å². The highest BCUT2D eigenvalue weighted by molar-refractivity contribution is 5.85. The van der Waals surface area contributed by atoms with E-state index in [0.29, 0.717) is 19.8 Å². The molecule has 0 saturated carbocycles. The Bertz CT molecular complexity index is 754. The van der Waals surface area contributed by atoms with Crippen LogP contribution in [0, 0.1) is 12.7 Å². The average molecular weight is 444 g/mol. The summed E-state index contributed by atoms with van der Waals surface area (Å²) in [5.41, 5.74) is 8.98. The standard InChI is InChI=1S/C21H26FN3O2.2ClH/c1-15-2-4-17(5-3-15)20(23)21(26)24-14-19(25-10-12-27-13-11-25)16-6-8-18(22)9-7-16;;/h2-9,19-20H,10-14,23H2,1H3,(H,24,26);2*1H. The van der Waals surface area contributed by atoms with E-state index in [2.05, 4.69) is 10.2 Å². The van der Waals surface area contributed by atoms with Gasteiger partial charge in [0, 0.05) is 19.6 Å². The summed E-state index contributed by atoms with van der Waals surface area (Å²) in [4.78, 5) is 14.8. The van der Waals surface area contributed by atoms with E-state index in [9.17, 15) is 9.18 Å². The van der Waals surface area contributed by atoms with Gasteiger partial charge < -0.3 is 15.8 Å². The van der Waals surface area contributed by atoms with Gasteiger partial charge in [-0.3, -0.25) is 9.69 Å². The Kier molecular flexibility index (Phi) is 10.6. The molecule has 1 amide bonds. The normalized spacial score (nSPS) is 16.1. The topological polar surface area (TPSA) is 67.6 Å². The molecule has 2 atom stereocenters. The number of hydrogen-bond donors (Lipinski definition) is 2. The number of nitrogens with two attached hydrogens (primary N) is 1. The van der Waals surface area contributed by atoms with Gasteiger partial charge in [-0.05, 0) is 30.2 Å². The van der Waals surface area contributed by atoms with Crippen molar-refractivity contribution in [2.24, 2.45) is 5.73 Å². The Morgan fingerprint density at radius 2 is 1.62 bits per heavy atom. The number of halogens is 3. The lowest BCUT2D eigenvalue weighted by molar-refractivity contribution is -0.122. The van der Waals surface area contributed by atoms with Crippen LogP contribution in [0.2, 0.25) is 0 Å². The van der Waals surface area contributed by atoms with Crippen LogP contribution in [-0.4, -0.2) is 43.7 Å². The fourth-order valence-corrected chi connectivity index (χ4v) is 3.26. The van der Waals surface area contributed by atoms with Crippen LogP contribution in [-0.2, 0) is 9.53 Å². The van der Waals surface area contributed by atoms with Crippen molar-refractivity contribution in [2.75, 3.05) is 32.8 Å². The quantitative estimate of drug-likeness (QED) is 0.719. The Balaban J connectivity index is 0.00000210. The zero-order chi connectivity index (χ0) is 19.2. The number of carbonyl (C=O) groups is 1. The molecule has 2 aromatic carbocycles. The maximum Gasteiger partial charge on any atom is 0.241 e. The summed E-state index contributed by atoms with van der Waals surface area (Å²) in [6.45, 7) is 5.22. The monoisotopic (exact) mass is 443 g/mol. The third-order valence-corrected chi connectivity index (χ3v) is 4.93. The maximum atomic E-state index is 13.3.